The number of aryl methyl sites for hydroxylation is 1. The van der Waals surface area contributed by atoms with Crippen molar-refractivity contribution < 1.29 is 4.74 Å². The Hall–Kier alpha value is -1.09. The molecule has 0 N–H and O–H groups in total. The molecule has 0 radical (unpaired) electrons. The first-order chi connectivity index (χ1) is 7.70. The van der Waals surface area contributed by atoms with Gasteiger partial charge in [-0.15, -0.1) is 0 Å². The van der Waals surface area contributed by atoms with E-state index in [-0.39, 0.29) is 0 Å². The first-order valence-corrected chi connectivity index (χ1v) is 5.98. The highest BCUT2D eigenvalue weighted by Crippen LogP contribution is 2.29. The summed E-state index contributed by atoms with van der Waals surface area (Å²) in [6, 6.07) is 2.09. The topological polar surface area (TPSA) is 25.4 Å². The van der Waals surface area contributed by atoms with Crippen molar-refractivity contribution in [2.45, 2.75) is 33.1 Å². The van der Waals surface area contributed by atoms with Crippen molar-refractivity contribution in [1.82, 2.24) is 4.98 Å². The van der Waals surface area contributed by atoms with Gasteiger partial charge in [0.2, 0.25) is 0 Å². The molecule has 0 amide bonds. The van der Waals surface area contributed by atoms with E-state index in [1.807, 2.05) is 6.20 Å². The summed E-state index contributed by atoms with van der Waals surface area (Å²) in [7, 11) is 0. The van der Waals surface area contributed by atoms with Crippen LogP contribution in [-0.2, 0) is 4.74 Å². The Kier molecular flexibility index (Phi) is 3.44. The average molecular weight is 220 g/mol. The number of anilines is 1. The minimum atomic E-state index is 0.505. The van der Waals surface area contributed by atoms with Gasteiger partial charge in [0.15, 0.2) is 0 Å². The molecule has 0 unspecified atom stereocenters. The highest BCUT2D eigenvalue weighted by Gasteiger charge is 2.18. The maximum Gasteiger partial charge on any atom is 0.134 e. The molecule has 2 rings (SSSR count). The summed E-state index contributed by atoms with van der Waals surface area (Å²) in [5.41, 5.74) is 2.68. The van der Waals surface area contributed by atoms with Crippen LogP contribution in [0.15, 0.2) is 12.3 Å². The van der Waals surface area contributed by atoms with Gasteiger partial charge in [0, 0.05) is 18.3 Å². The van der Waals surface area contributed by atoms with Gasteiger partial charge < -0.3 is 9.64 Å². The van der Waals surface area contributed by atoms with Crippen LogP contribution in [0.3, 0.4) is 0 Å². The zero-order valence-corrected chi connectivity index (χ0v) is 10.4. The molecule has 0 spiro atoms. The lowest BCUT2D eigenvalue weighted by molar-refractivity contribution is 0.106. The molecule has 2 heterocycles. The first kappa shape index (κ1) is 11.4. The molecule has 0 atom stereocenters. The molecule has 3 nitrogen and oxygen atoms in total. The monoisotopic (exact) mass is 220 g/mol. The number of hydrogen-bond acceptors (Lipinski definition) is 3. The van der Waals surface area contributed by atoms with E-state index in [0.717, 1.165) is 25.4 Å². The lowest BCUT2D eigenvalue weighted by Gasteiger charge is -2.30. The molecule has 1 aromatic rings. The standard InChI is InChI=1S/C13H20N2O/c1-10(2)12-11(3)5-6-14-13(12)15-7-4-8-16-9-15/h5-6,10H,4,7-9H2,1-3H3. The number of ether oxygens (including phenoxy) is 1. The third-order valence-corrected chi connectivity index (χ3v) is 3.03. The Bertz CT molecular complexity index is 357. The molecular formula is C13H20N2O. The summed E-state index contributed by atoms with van der Waals surface area (Å²) >= 11 is 0. The molecule has 88 valence electrons. The highest BCUT2D eigenvalue weighted by atomic mass is 16.5. The summed E-state index contributed by atoms with van der Waals surface area (Å²) in [5.74, 6) is 1.61. The smallest absolute Gasteiger partial charge is 0.134 e. The first-order valence-electron chi connectivity index (χ1n) is 5.98. The van der Waals surface area contributed by atoms with Crippen LogP contribution in [0, 0.1) is 6.92 Å². The van der Waals surface area contributed by atoms with Gasteiger partial charge in [0.05, 0.1) is 6.61 Å². The van der Waals surface area contributed by atoms with E-state index in [9.17, 15) is 0 Å². The van der Waals surface area contributed by atoms with Crippen molar-refractivity contribution in [3.63, 3.8) is 0 Å². The minimum Gasteiger partial charge on any atom is -0.361 e. The van der Waals surface area contributed by atoms with Crippen LogP contribution in [0.5, 0.6) is 0 Å². The zero-order valence-electron chi connectivity index (χ0n) is 10.4. The molecule has 0 aliphatic carbocycles. The Morgan fingerprint density at radius 2 is 2.25 bits per heavy atom. The molecule has 1 saturated heterocycles. The predicted molar refractivity (Wildman–Crippen MR) is 65.8 cm³/mol. The van der Waals surface area contributed by atoms with E-state index in [4.69, 9.17) is 4.74 Å². The second-order valence-corrected chi connectivity index (χ2v) is 4.67. The van der Waals surface area contributed by atoms with Gasteiger partial charge in [-0.3, -0.25) is 0 Å². The minimum absolute atomic E-state index is 0.505. The molecular weight excluding hydrogens is 200 g/mol. The molecule has 16 heavy (non-hydrogen) atoms. The van der Waals surface area contributed by atoms with Crippen molar-refractivity contribution in [2.24, 2.45) is 0 Å². The Balaban J connectivity index is 2.34. The molecule has 0 aromatic carbocycles. The Morgan fingerprint density at radius 1 is 1.44 bits per heavy atom. The summed E-state index contributed by atoms with van der Waals surface area (Å²) < 4.78 is 5.50. The molecule has 0 bridgehead atoms. The van der Waals surface area contributed by atoms with Gasteiger partial charge in [0.25, 0.3) is 0 Å². The number of hydrogen-bond donors (Lipinski definition) is 0. The lowest BCUT2D eigenvalue weighted by Crippen LogP contribution is -2.34. The van der Waals surface area contributed by atoms with Gasteiger partial charge >= 0.3 is 0 Å². The van der Waals surface area contributed by atoms with E-state index in [2.05, 4.69) is 36.7 Å². The SMILES string of the molecule is Cc1ccnc(N2CCCOC2)c1C(C)C. The fourth-order valence-corrected chi connectivity index (χ4v) is 2.28. The Morgan fingerprint density at radius 3 is 2.88 bits per heavy atom. The van der Waals surface area contributed by atoms with Crippen LogP contribution in [0.2, 0.25) is 0 Å². The highest BCUT2D eigenvalue weighted by molar-refractivity contribution is 5.51. The average Bonchev–Trinajstić information content (AvgIpc) is 2.29. The van der Waals surface area contributed by atoms with Crippen LogP contribution in [0.25, 0.3) is 0 Å². The van der Waals surface area contributed by atoms with E-state index in [0.29, 0.717) is 12.6 Å². The van der Waals surface area contributed by atoms with Crippen LogP contribution in [0.1, 0.15) is 37.3 Å². The number of aromatic nitrogens is 1. The number of pyridine rings is 1. The van der Waals surface area contributed by atoms with E-state index < -0.39 is 0 Å². The van der Waals surface area contributed by atoms with Crippen LogP contribution < -0.4 is 4.90 Å². The van der Waals surface area contributed by atoms with Crippen LogP contribution in [0.4, 0.5) is 5.82 Å². The quantitative estimate of drug-likeness (QED) is 0.766. The third kappa shape index (κ3) is 2.19. The normalized spacial score (nSPS) is 16.9. The second-order valence-electron chi connectivity index (χ2n) is 4.67. The predicted octanol–water partition coefficient (Wildman–Crippen LogP) is 2.70. The van der Waals surface area contributed by atoms with E-state index >= 15 is 0 Å². The fraction of sp³-hybridized carbons (Fsp3) is 0.615. The van der Waals surface area contributed by atoms with Crippen LogP contribution >= 0.6 is 0 Å². The van der Waals surface area contributed by atoms with Crippen molar-refractivity contribution in [2.75, 3.05) is 24.8 Å². The molecule has 0 saturated carbocycles. The van der Waals surface area contributed by atoms with Gasteiger partial charge in [-0.1, -0.05) is 13.8 Å². The van der Waals surface area contributed by atoms with Crippen molar-refractivity contribution in [3.8, 4) is 0 Å². The van der Waals surface area contributed by atoms with E-state index in [1.54, 1.807) is 0 Å². The number of nitrogens with zero attached hydrogens (tertiary/aromatic N) is 2. The maximum atomic E-state index is 5.50. The van der Waals surface area contributed by atoms with Crippen molar-refractivity contribution in [1.29, 1.82) is 0 Å². The summed E-state index contributed by atoms with van der Waals surface area (Å²) in [4.78, 5) is 6.77. The van der Waals surface area contributed by atoms with Gasteiger partial charge in [-0.05, 0) is 30.9 Å². The van der Waals surface area contributed by atoms with Crippen LogP contribution in [-0.4, -0.2) is 24.9 Å². The van der Waals surface area contributed by atoms with Gasteiger partial charge in [0.1, 0.15) is 12.5 Å². The summed E-state index contributed by atoms with van der Waals surface area (Å²) in [6.45, 7) is 9.20. The molecule has 1 aromatic heterocycles. The summed E-state index contributed by atoms with van der Waals surface area (Å²) in [6.07, 6.45) is 2.98. The third-order valence-electron chi connectivity index (χ3n) is 3.03. The van der Waals surface area contributed by atoms with Gasteiger partial charge in [-0.25, -0.2) is 4.98 Å². The molecule has 1 aliphatic heterocycles. The second kappa shape index (κ2) is 4.83. The molecule has 1 aliphatic rings. The molecule has 3 heteroatoms. The summed E-state index contributed by atoms with van der Waals surface area (Å²) in [5, 5.41) is 0. The van der Waals surface area contributed by atoms with Crippen molar-refractivity contribution >= 4 is 5.82 Å². The maximum absolute atomic E-state index is 5.50. The van der Waals surface area contributed by atoms with E-state index in [1.165, 1.54) is 11.1 Å². The largest absolute Gasteiger partial charge is 0.361 e. The van der Waals surface area contributed by atoms with Crippen molar-refractivity contribution in [3.05, 3.63) is 23.4 Å². The fourth-order valence-electron chi connectivity index (χ4n) is 2.28. The lowest BCUT2D eigenvalue weighted by atomic mass is 9.98. The Labute approximate surface area is 97.4 Å². The van der Waals surface area contributed by atoms with Gasteiger partial charge in [-0.2, -0.15) is 0 Å². The zero-order chi connectivity index (χ0) is 11.5. The molecule has 1 fully saturated rings. The number of rotatable bonds is 2.